The normalized spacial score (nSPS) is 11.5. The molecule has 0 amide bonds. The molecule has 0 aliphatic heterocycles. The van der Waals surface area contributed by atoms with Crippen LogP contribution in [0.15, 0.2) is 12.3 Å². The van der Waals surface area contributed by atoms with Gasteiger partial charge in [-0.1, -0.05) is 0 Å². The molecule has 0 fully saturated rings. The van der Waals surface area contributed by atoms with Gasteiger partial charge in [0.15, 0.2) is 0 Å². The molecule has 0 radical (unpaired) electrons. The Labute approximate surface area is 83.0 Å². The Morgan fingerprint density at radius 3 is 2.64 bits per heavy atom. The van der Waals surface area contributed by atoms with Crippen LogP contribution < -0.4 is 5.32 Å². The van der Waals surface area contributed by atoms with Crippen LogP contribution in [-0.4, -0.2) is 15.6 Å². The van der Waals surface area contributed by atoms with Crippen molar-refractivity contribution in [3.8, 4) is 0 Å². The van der Waals surface area contributed by atoms with Gasteiger partial charge in [-0.05, 0) is 26.8 Å². The average Bonchev–Trinajstić information content (AvgIpc) is 2.06. The van der Waals surface area contributed by atoms with Crippen molar-refractivity contribution in [1.82, 2.24) is 4.98 Å². The largest absolute Gasteiger partial charge is 0.392 e. The Balaban J connectivity index is 2.97. The molecular weight excluding hydrogens is 183 g/mol. The molecule has 0 aromatic carbocycles. The lowest BCUT2D eigenvalue weighted by atomic mass is 10.1. The summed E-state index contributed by atoms with van der Waals surface area (Å²) in [5.74, 6) is 0.0925. The molecule has 78 valence electrons. The summed E-state index contributed by atoms with van der Waals surface area (Å²) in [7, 11) is 0. The van der Waals surface area contributed by atoms with E-state index in [0.29, 0.717) is 11.4 Å². The van der Waals surface area contributed by atoms with Gasteiger partial charge in [0.2, 0.25) is 0 Å². The van der Waals surface area contributed by atoms with E-state index in [9.17, 15) is 4.39 Å². The van der Waals surface area contributed by atoms with Crippen molar-refractivity contribution in [2.24, 2.45) is 0 Å². The number of anilines is 1. The Hall–Kier alpha value is -1.16. The molecule has 4 heteroatoms. The molecule has 2 N–H and O–H groups in total. The van der Waals surface area contributed by atoms with E-state index in [1.807, 2.05) is 20.8 Å². The predicted octanol–water partition coefficient (Wildman–Crippen LogP) is 1.92. The molecule has 0 saturated heterocycles. The Morgan fingerprint density at radius 1 is 1.50 bits per heavy atom. The summed E-state index contributed by atoms with van der Waals surface area (Å²) in [4.78, 5) is 3.89. The molecule has 1 rings (SSSR count). The second kappa shape index (κ2) is 3.92. The molecule has 0 saturated carbocycles. The molecular formula is C10H15FN2O. The van der Waals surface area contributed by atoms with Gasteiger partial charge >= 0.3 is 0 Å². The lowest BCUT2D eigenvalue weighted by Gasteiger charge is -2.22. The minimum absolute atomic E-state index is 0.158. The number of aliphatic hydroxyl groups excluding tert-OH is 1. The van der Waals surface area contributed by atoms with E-state index in [4.69, 9.17) is 5.11 Å². The van der Waals surface area contributed by atoms with E-state index in [1.54, 1.807) is 0 Å². The van der Waals surface area contributed by atoms with Crippen LogP contribution in [0.5, 0.6) is 0 Å². The number of nitrogens with one attached hydrogen (secondary N) is 1. The van der Waals surface area contributed by atoms with E-state index in [0.717, 1.165) is 6.20 Å². The lowest BCUT2D eigenvalue weighted by molar-refractivity contribution is 0.281. The summed E-state index contributed by atoms with van der Waals surface area (Å²) < 4.78 is 12.8. The minimum atomic E-state index is -0.437. The van der Waals surface area contributed by atoms with Gasteiger partial charge in [0.05, 0.1) is 12.8 Å². The van der Waals surface area contributed by atoms with Gasteiger partial charge in [-0.3, -0.25) is 0 Å². The lowest BCUT2D eigenvalue weighted by Crippen LogP contribution is -2.27. The molecule has 0 bridgehead atoms. The number of aromatic nitrogens is 1. The van der Waals surface area contributed by atoms with E-state index >= 15 is 0 Å². The first kappa shape index (κ1) is 10.9. The van der Waals surface area contributed by atoms with Gasteiger partial charge in [0, 0.05) is 11.1 Å². The van der Waals surface area contributed by atoms with Crippen LogP contribution in [0, 0.1) is 5.82 Å². The Bertz CT molecular complexity index is 320. The van der Waals surface area contributed by atoms with Crippen LogP contribution in [0.3, 0.4) is 0 Å². The van der Waals surface area contributed by atoms with Crippen LogP contribution in [-0.2, 0) is 6.61 Å². The zero-order valence-corrected chi connectivity index (χ0v) is 8.63. The average molecular weight is 198 g/mol. The van der Waals surface area contributed by atoms with Crippen LogP contribution in [0.1, 0.15) is 26.3 Å². The third kappa shape index (κ3) is 2.96. The fraction of sp³-hybridized carbons (Fsp3) is 0.500. The first-order valence-corrected chi connectivity index (χ1v) is 4.46. The van der Waals surface area contributed by atoms with Gasteiger partial charge in [-0.15, -0.1) is 0 Å². The summed E-state index contributed by atoms with van der Waals surface area (Å²) in [6, 6.07) is 1.28. The number of rotatable bonds is 2. The highest BCUT2D eigenvalue weighted by Gasteiger charge is 2.13. The minimum Gasteiger partial charge on any atom is -0.392 e. The summed E-state index contributed by atoms with van der Waals surface area (Å²) in [5, 5.41) is 12.1. The molecule has 1 aromatic rings. The smallest absolute Gasteiger partial charge is 0.142 e. The number of hydrogen-bond donors (Lipinski definition) is 2. The maximum Gasteiger partial charge on any atom is 0.142 e. The number of hydrogen-bond acceptors (Lipinski definition) is 3. The van der Waals surface area contributed by atoms with E-state index in [-0.39, 0.29) is 12.1 Å². The van der Waals surface area contributed by atoms with Gasteiger partial charge in [0.25, 0.3) is 0 Å². The van der Waals surface area contributed by atoms with Crippen molar-refractivity contribution < 1.29 is 9.50 Å². The Kier molecular flexibility index (Phi) is 3.06. The monoisotopic (exact) mass is 198 g/mol. The number of aliphatic hydroxyl groups is 1. The standard InChI is InChI=1S/C10H15FN2O/c1-10(2,3)13-9-7(6-14)4-8(11)5-12-9/h4-5,14H,6H2,1-3H3,(H,12,13). The molecule has 3 nitrogen and oxygen atoms in total. The molecule has 1 heterocycles. The topological polar surface area (TPSA) is 45.2 Å². The van der Waals surface area contributed by atoms with Gasteiger partial charge in [0.1, 0.15) is 11.6 Å². The van der Waals surface area contributed by atoms with Gasteiger partial charge in [-0.2, -0.15) is 0 Å². The summed E-state index contributed by atoms with van der Waals surface area (Å²) in [6.45, 7) is 5.70. The van der Waals surface area contributed by atoms with Crippen molar-refractivity contribution >= 4 is 5.82 Å². The highest BCUT2D eigenvalue weighted by Crippen LogP contribution is 2.17. The van der Waals surface area contributed by atoms with E-state index in [1.165, 1.54) is 6.07 Å². The van der Waals surface area contributed by atoms with Crippen molar-refractivity contribution in [2.45, 2.75) is 32.9 Å². The highest BCUT2D eigenvalue weighted by atomic mass is 19.1. The second-order valence-corrected chi connectivity index (χ2v) is 4.19. The number of nitrogens with zero attached hydrogens (tertiary/aromatic N) is 1. The molecule has 0 aliphatic rings. The fourth-order valence-corrected chi connectivity index (χ4v) is 1.07. The molecule has 0 unspecified atom stereocenters. The van der Waals surface area contributed by atoms with Gasteiger partial charge < -0.3 is 10.4 Å². The summed E-state index contributed by atoms with van der Waals surface area (Å²) >= 11 is 0. The van der Waals surface area contributed by atoms with Crippen LogP contribution >= 0.6 is 0 Å². The fourth-order valence-electron chi connectivity index (χ4n) is 1.07. The molecule has 0 spiro atoms. The van der Waals surface area contributed by atoms with Crippen LogP contribution in [0.2, 0.25) is 0 Å². The summed E-state index contributed by atoms with van der Waals surface area (Å²) in [5.41, 5.74) is 0.314. The second-order valence-electron chi connectivity index (χ2n) is 4.19. The quantitative estimate of drug-likeness (QED) is 0.763. The zero-order valence-electron chi connectivity index (χ0n) is 8.63. The van der Waals surface area contributed by atoms with Crippen molar-refractivity contribution in [3.05, 3.63) is 23.6 Å². The molecule has 0 atom stereocenters. The maximum absolute atomic E-state index is 12.8. The van der Waals surface area contributed by atoms with Crippen molar-refractivity contribution in [1.29, 1.82) is 0 Å². The molecule has 0 aliphatic carbocycles. The first-order chi connectivity index (χ1) is 6.42. The summed E-state index contributed by atoms with van der Waals surface area (Å²) in [6.07, 6.45) is 1.13. The first-order valence-electron chi connectivity index (χ1n) is 4.46. The maximum atomic E-state index is 12.8. The molecule has 1 aromatic heterocycles. The van der Waals surface area contributed by atoms with E-state index < -0.39 is 5.82 Å². The van der Waals surface area contributed by atoms with Crippen LogP contribution in [0.4, 0.5) is 10.2 Å². The van der Waals surface area contributed by atoms with Crippen molar-refractivity contribution in [3.63, 3.8) is 0 Å². The predicted molar refractivity (Wildman–Crippen MR) is 53.5 cm³/mol. The third-order valence-electron chi connectivity index (χ3n) is 1.60. The van der Waals surface area contributed by atoms with E-state index in [2.05, 4.69) is 10.3 Å². The van der Waals surface area contributed by atoms with Crippen molar-refractivity contribution in [2.75, 3.05) is 5.32 Å². The SMILES string of the molecule is CC(C)(C)Nc1ncc(F)cc1CO. The highest BCUT2D eigenvalue weighted by molar-refractivity contribution is 5.45. The molecule has 14 heavy (non-hydrogen) atoms. The Morgan fingerprint density at radius 2 is 2.14 bits per heavy atom. The number of halogens is 1. The van der Waals surface area contributed by atoms with Crippen LogP contribution in [0.25, 0.3) is 0 Å². The zero-order chi connectivity index (χ0) is 10.8. The third-order valence-corrected chi connectivity index (χ3v) is 1.60. The van der Waals surface area contributed by atoms with Gasteiger partial charge in [-0.25, -0.2) is 9.37 Å². The number of pyridine rings is 1.